The van der Waals surface area contributed by atoms with E-state index < -0.39 is 0 Å². The van der Waals surface area contributed by atoms with Crippen molar-refractivity contribution >= 4 is 29.1 Å². The SMILES string of the molecule is CCCOc1c(Cl)cc(C(=O)Nc2ccccc2CN2CCCC2C(N)=O)cc1OC. The highest BCUT2D eigenvalue weighted by atomic mass is 35.5. The number of nitrogens with one attached hydrogen (secondary N) is 1. The summed E-state index contributed by atoms with van der Waals surface area (Å²) in [4.78, 5) is 26.7. The predicted molar refractivity (Wildman–Crippen MR) is 121 cm³/mol. The molecule has 7 nitrogen and oxygen atoms in total. The Labute approximate surface area is 187 Å². The first-order valence-electron chi connectivity index (χ1n) is 10.4. The number of methoxy groups -OCH3 is 1. The third-order valence-corrected chi connectivity index (χ3v) is 5.55. The third kappa shape index (κ3) is 5.48. The Balaban J connectivity index is 1.80. The van der Waals surface area contributed by atoms with Crippen molar-refractivity contribution in [2.24, 2.45) is 5.73 Å². The van der Waals surface area contributed by atoms with Crippen LogP contribution in [-0.4, -0.2) is 43.0 Å². The number of primary amides is 1. The summed E-state index contributed by atoms with van der Waals surface area (Å²) in [5.74, 6) is 0.198. The number of hydrogen-bond donors (Lipinski definition) is 2. The molecular weight excluding hydrogens is 418 g/mol. The van der Waals surface area contributed by atoms with Crippen molar-refractivity contribution in [2.45, 2.75) is 38.8 Å². The number of carbonyl (C=O) groups is 2. The van der Waals surface area contributed by atoms with Gasteiger partial charge in [0.25, 0.3) is 5.91 Å². The molecular formula is C23H28ClN3O4. The zero-order chi connectivity index (χ0) is 22.4. The van der Waals surface area contributed by atoms with Crippen molar-refractivity contribution in [1.82, 2.24) is 4.90 Å². The summed E-state index contributed by atoms with van der Waals surface area (Å²) in [6.45, 7) is 3.81. The van der Waals surface area contributed by atoms with Crippen molar-refractivity contribution in [3.05, 3.63) is 52.5 Å². The number of hydrogen-bond acceptors (Lipinski definition) is 5. The molecule has 0 bridgehead atoms. The van der Waals surface area contributed by atoms with Gasteiger partial charge in [0.05, 0.1) is 24.8 Å². The topological polar surface area (TPSA) is 93.9 Å². The summed E-state index contributed by atoms with van der Waals surface area (Å²) in [6.07, 6.45) is 2.51. The highest BCUT2D eigenvalue weighted by molar-refractivity contribution is 6.32. The lowest BCUT2D eigenvalue weighted by Crippen LogP contribution is -2.39. The zero-order valence-corrected chi connectivity index (χ0v) is 18.6. The molecule has 31 heavy (non-hydrogen) atoms. The first-order chi connectivity index (χ1) is 14.9. The molecule has 0 saturated carbocycles. The molecule has 0 spiro atoms. The summed E-state index contributed by atoms with van der Waals surface area (Å²) in [6, 6.07) is 10.4. The van der Waals surface area contributed by atoms with E-state index in [0.717, 1.165) is 31.4 Å². The third-order valence-electron chi connectivity index (χ3n) is 5.27. The van der Waals surface area contributed by atoms with Crippen LogP contribution in [0.3, 0.4) is 0 Å². The minimum Gasteiger partial charge on any atom is -0.493 e. The monoisotopic (exact) mass is 445 g/mol. The number of nitrogens with two attached hydrogens (primary N) is 1. The molecule has 166 valence electrons. The first-order valence-corrected chi connectivity index (χ1v) is 10.7. The lowest BCUT2D eigenvalue weighted by molar-refractivity contribution is -0.122. The lowest BCUT2D eigenvalue weighted by atomic mass is 10.1. The van der Waals surface area contributed by atoms with E-state index in [0.29, 0.717) is 40.9 Å². The molecule has 3 rings (SSSR count). The number of halogens is 1. The first kappa shape index (κ1) is 22.9. The molecule has 2 aromatic carbocycles. The van der Waals surface area contributed by atoms with Crippen LogP contribution in [0.5, 0.6) is 11.5 Å². The standard InChI is InChI=1S/C23H28ClN3O4/c1-3-11-31-21-17(24)12-16(13-20(21)30-2)23(29)26-18-8-5-4-7-15(18)14-27-10-6-9-19(27)22(25)28/h4-5,7-8,12-13,19H,3,6,9-11,14H2,1-2H3,(H2,25,28)(H,26,29). The minimum atomic E-state index is -0.317. The van der Waals surface area contributed by atoms with Crippen molar-refractivity contribution in [1.29, 1.82) is 0 Å². The van der Waals surface area contributed by atoms with Gasteiger partial charge in [0.2, 0.25) is 5.91 Å². The smallest absolute Gasteiger partial charge is 0.255 e. The number of benzene rings is 2. The van der Waals surface area contributed by atoms with Gasteiger partial charge in [-0.1, -0.05) is 36.7 Å². The molecule has 0 radical (unpaired) electrons. The fourth-order valence-corrected chi connectivity index (χ4v) is 3.99. The number of likely N-dealkylation sites (tertiary alicyclic amines) is 1. The second kappa shape index (κ2) is 10.5. The summed E-state index contributed by atoms with van der Waals surface area (Å²) in [5, 5.41) is 3.26. The van der Waals surface area contributed by atoms with Crippen LogP contribution in [0, 0.1) is 0 Å². The second-order valence-corrected chi connectivity index (χ2v) is 7.89. The van der Waals surface area contributed by atoms with Gasteiger partial charge in [-0.2, -0.15) is 0 Å². The van der Waals surface area contributed by atoms with Crippen LogP contribution in [-0.2, 0) is 11.3 Å². The molecule has 1 unspecified atom stereocenters. The average molecular weight is 446 g/mol. The van der Waals surface area contributed by atoms with Crippen LogP contribution in [0.2, 0.25) is 5.02 Å². The number of nitrogens with zero attached hydrogens (tertiary/aromatic N) is 1. The van der Waals surface area contributed by atoms with E-state index in [2.05, 4.69) is 5.32 Å². The van der Waals surface area contributed by atoms with Crippen LogP contribution < -0.4 is 20.5 Å². The fourth-order valence-electron chi connectivity index (χ4n) is 3.73. The van der Waals surface area contributed by atoms with Crippen LogP contribution in [0.15, 0.2) is 36.4 Å². The summed E-state index contributed by atoms with van der Waals surface area (Å²) < 4.78 is 11.0. The van der Waals surface area contributed by atoms with E-state index in [1.807, 2.05) is 36.1 Å². The Bertz CT molecular complexity index is 950. The summed E-state index contributed by atoms with van der Waals surface area (Å²) in [5.41, 5.74) is 7.47. The molecule has 1 saturated heterocycles. The van der Waals surface area contributed by atoms with Crippen LogP contribution in [0.4, 0.5) is 5.69 Å². The van der Waals surface area contributed by atoms with Crippen molar-refractivity contribution in [2.75, 3.05) is 25.6 Å². The molecule has 0 aromatic heterocycles. The van der Waals surface area contributed by atoms with E-state index >= 15 is 0 Å². The Morgan fingerprint density at radius 3 is 2.77 bits per heavy atom. The van der Waals surface area contributed by atoms with Crippen LogP contribution in [0.25, 0.3) is 0 Å². The van der Waals surface area contributed by atoms with Gasteiger partial charge in [0.1, 0.15) is 0 Å². The van der Waals surface area contributed by atoms with E-state index in [1.165, 1.54) is 7.11 Å². The van der Waals surface area contributed by atoms with E-state index in [4.69, 9.17) is 26.8 Å². The summed E-state index contributed by atoms with van der Waals surface area (Å²) in [7, 11) is 1.51. The van der Waals surface area contributed by atoms with E-state index in [-0.39, 0.29) is 17.9 Å². The maximum atomic E-state index is 13.0. The van der Waals surface area contributed by atoms with Crippen LogP contribution in [0.1, 0.15) is 42.1 Å². The predicted octanol–water partition coefficient (Wildman–Crippen LogP) is 3.84. The highest BCUT2D eigenvalue weighted by Gasteiger charge is 2.29. The molecule has 2 amide bonds. The molecule has 3 N–H and O–H groups in total. The lowest BCUT2D eigenvalue weighted by Gasteiger charge is -2.23. The van der Waals surface area contributed by atoms with Gasteiger partial charge in [-0.05, 0) is 49.6 Å². The Kier molecular flexibility index (Phi) is 7.76. The van der Waals surface area contributed by atoms with Crippen molar-refractivity contribution in [3.8, 4) is 11.5 Å². The number of carbonyl (C=O) groups excluding carboxylic acids is 2. The van der Waals surface area contributed by atoms with E-state index in [9.17, 15) is 9.59 Å². The van der Waals surface area contributed by atoms with Gasteiger partial charge in [-0.25, -0.2) is 0 Å². The maximum absolute atomic E-state index is 13.0. The fraction of sp³-hybridized carbons (Fsp3) is 0.391. The van der Waals surface area contributed by atoms with Crippen molar-refractivity contribution in [3.63, 3.8) is 0 Å². The number of ether oxygens (including phenoxy) is 2. The minimum absolute atomic E-state index is 0.275. The van der Waals surface area contributed by atoms with Crippen LogP contribution >= 0.6 is 11.6 Å². The second-order valence-electron chi connectivity index (χ2n) is 7.48. The largest absolute Gasteiger partial charge is 0.493 e. The molecule has 0 aliphatic carbocycles. The van der Waals surface area contributed by atoms with Crippen molar-refractivity contribution < 1.29 is 19.1 Å². The number of para-hydroxylation sites is 1. The maximum Gasteiger partial charge on any atom is 0.255 e. The van der Waals surface area contributed by atoms with Gasteiger partial charge in [0, 0.05) is 17.8 Å². The van der Waals surface area contributed by atoms with E-state index in [1.54, 1.807) is 12.1 Å². The molecule has 1 atom stereocenters. The normalized spacial score (nSPS) is 16.2. The van der Waals surface area contributed by atoms with Gasteiger partial charge in [-0.15, -0.1) is 0 Å². The van der Waals surface area contributed by atoms with Gasteiger partial charge in [-0.3, -0.25) is 14.5 Å². The molecule has 1 aliphatic rings. The quantitative estimate of drug-likeness (QED) is 0.611. The molecule has 8 heteroatoms. The van der Waals surface area contributed by atoms with Gasteiger partial charge in [0.15, 0.2) is 11.5 Å². The number of amides is 2. The molecule has 2 aromatic rings. The summed E-state index contributed by atoms with van der Waals surface area (Å²) >= 11 is 6.35. The average Bonchev–Trinajstić information content (AvgIpc) is 3.22. The highest BCUT2D eigenvalue weighted by Crippen LogP contribution is 2.37. The Morgan fingerprint density at radius 1 is 1.29 bits per heavy atom. The van der Waals surface area contributed by atoms with Gasteiger partial charge < -0.3 is 20.5 Å². The molecule has 1 heterocycles. The number of anilines is 1. The Morgan fingerprint density at radius 2 is 2.06 bits per heavy atom. The molecule has 1 aliphatic heterocycles. The molecule has 1 fully saturated rings. The van der Waals surface area contributed by atoms with Gasteiger partial charge >= 0.3 is 0 Å². The number of rotatable bonds is 9. The zero-order valence-electron chi connectivity index (χ0n) is 17.8. The Hall–Kier alpha value is -2.77.